The van der Waals surface area contributed by atoms with Gasteiger partial charge in [-0.15, -0.1) is 5.10 Å². The Morgan fingerprint density at radius 3 is 2.62 bits per heavy atom. The SMILES string of the molecule is COc1ccccc1C(=O)N1CCC(c2nc3c(nnn3Cc3ccc(F)cc3)c(=O)[nH]2)CC1. The summed E-state index contributed by atoms with van der Waals surface area (Å²) in [6.07, 6.45) is 1.32. The minimum Gasteiger partial charge on any atom is -0.496 e. The lowest BCUT2D eigenvalue weighted by atomic mass is 9.95. The Bertz CT molecular complexity index is 1390. The summed E-state index contributed by atoms with van der Waals surface area (Å²) in [4.78, 5) is 34.9. The highest BCUT2D eigenvalue weighted by Gasteiger charge is 2.28. The molecular formula is C24H23FN6O3. The molecule has 3 heterocycles. The molecular weight excluding hydrogens is 439 g/mol. The Kier molecular flexibility index (Phi) is 5.79. The van der Waals surface area contributed by atoms with Gasteiger partial charge in [0.15, 0.2) is 11.2 Å². The molecule has 0 spiro atoms. The van der Waals surface area contributed by atoms with Gasteiger partial charge in [-0.1, -0.05) is 29.5 Å². The van der Waals surface area contributed by atoms with Crippen molar-refractivity contribution in [2.24, 2.45) is 0 Å². The number of likely N-dealkylation sites (tertiary alicyclic amines) is 1. The van der Waals surface area contributed by atoms with E-state index in [9.17, 15) is 14.0 Å². The number of aromatic amines is 1. The van der Waals surface area contributed by atoms with Crippen LogP contribution in [-0.2, 0) is 6.54 Å². The number of piperidine rings is 1. The summed E-state index contributed by atoms with van der Waals surface area (Å²) in [5.41, 5.74) is 1.55. The summed E-state index contributed by atoms with van der Waals surface area (Å²) in [5, 5.41) is 8.04. The predicted molar refractivity (Wildman–Crippen MR) is 122 cm³/mol. The van der Waals surface area contributed by atoms with Crippen molar-refractivity contribution >= 4 is 17.1 Å². The second-order valence-electron chi connectivity index (χ2n) is 8.26. The van der Waals surface area contributed by atoms with Crippen LogP contribution < -0.4 is 10.3 Å². The number of nitrogens with zero attached hydrogens (tertiary/aromatic N) is 5. The van der Waals surface area contributed by atoms with Crippen molar-refractivity contribution in [3.05, 3.63) is 81.7 Å². The minimum absolute atomic E-state index is 0.00649. The van der Waals surface area contributed by atoms with Gasteiger partial charge in [-0.3, -0.25) is 9.59 Å². The van der Waals surface area contributed by atoms with Crippen LogP contribution >= 0.6 is 0 Å². The van der Waals surface area contributed by atoms with Crippen LogP contribution in [0.15, 0.2) is 53.3 Å². The van der Waals surface area contributed by atoms with E-state index in [1.807, 2.05) is 12.1 Å². The number of amides is 1. The molecule has 34 heavy (non-hydrogen) atoms. The van der Waals surface area contributed by atoms with E-state index in [0.29, 0.717) is 55.3 Å². The number of carbonyl (C=O) groups excluding carboxylic acids is 1. The highest BCUT2D eigenvalue weighted by Crippen LogP contribution is 2.28. The van der Waals surface area contributed by atoms with Gasteiger partial charge in [0.25, 0.3) is 11.5 Å². The number of carbonyl (C=O) groups is 1. The zero-order valence-corrected chi connectivity index (χ0v) is 18.6. The van der Waals surface area contributed by atoms with Crippen LogP contribution in [0.1, 0.15) is 40.5 Å². The van der Waals surface area contributed by atoms with Crippen LogP contribution in [0.3, 0.4) is 0 Å². The lowest BCUT2D eigenvalue weighted by Gasteiger charge is -2.31. The quantitative estimate of drug-likeness (QED) is 0.489. The zero-order valence-electron chi connectivity index (χ0n) is 18.6. The number of hydrogen-bond acceptors (Lipinski definition) is 6. The summed E-state index contributed by atoms with van der Waals surface area (Å²) in [5.74, 6) is 0.708. The fourth-order valence-electron chi connectivity index (χ4n) is 4.29. The maximum absolute atomic E-state index is 13.2. The van der Waals surface area contributed by atoms with Crippen LogP contribution in [0.2, 0.25) is 0 Å². The number of fused-ring (bicyclic) bond motifs is 1. The average molecular weight is 462 g/mol. The van der Waals surface area contributed by atoms with E-state index in [4.69, 9.17) is 4.74 Å². The van der Waals surface area contributed by atoms with Crippen LogP contribution in [0, 0.1) is 5.82 Å². The molecule has 0 radical (unpaired) electrons. The van der Waals surface area contributed by atoms with Gasteiger partial charge in [0, 0.05) is 19.0 Å². The molecule has 1 aliphatic heterocycles. The van der Waals surface area contributed by atoms with Crippen molar-refractivity contribution in [2.75, 3.05) is 20.2 Å². The van der Waals surface area contributed by atoms with Crippen LogP contribution in [0.4, 0.5) is 4.39 Å². The number of methoxy groups -OCH3 is 1. The normalized spacial score (nSPS) is 14.5. The van der Waals surface area contributed by atoms with E-state index in [0.717, 1.165) is 5.56 Å². The number of hydrogen-bond donors (Lipinski definition) is 1. The van der Waals surface area contributed by atoms with Crippen molar-refractivity contribution in [1.29, 1.82) is 0 Å². The molecule has 0 atom stereocenters. The molecule has 1 fully saturated rings. The lowest BCUT2D eigenvalue weighted by molar-refractivity contribution is 0.0707. The molecule has 1 aliphatic rings. The van der Waals surface area contributed by atoms with E-state index in [1.54, 1.807) is 41.0 Å². The first kappa shape index (κ1) is 21.7. The summed E-state index contributed by atoms with van der Waals surface area (Å²) >= 11 is 0. The maximum Gasteiger partial charge on any atom is 0.281 e. The second kappa shape index (κ2) is 9.05. The Hall–Kier alpha value is -4.08. The number of ether oxygens (including phenoxy) is 1. The molecule has 0 saturated carbocycles. The third-order valence-corrected chi connectivity index (χ3v) is 6.14. The number of nitrogens with one attached hydrogen (secondary N) is 1. The Labute approximate surface area is 194 Å². The van der Waals surface area contributed by atoms with Gasteiger partial charge in [-0.25, -0.2) is 14.1 Å². The van der Waals surface area contributed by atoms with Gasteiger partial charge in [-0.05, 0) is 42.7 Å². The van der Waals surface area contributed by atoms with Crippen molar-refractivity contribution in [3.63, 3.8) is 0 Å². The molecule has 1 amide bonds. The molecule has 5 rings (SSSR count). The average Bonchev–Trinajstić information content (AvgIpc) is 3.28. The first-order chi connectivity index (χ1) is 16.5. The number of rotatable bonds is 5. The number of benzene rings is 2. The third-order valence-electron chi connectivity index (χ3n) is 6.14. The van der Waals surface area contributed by atoms with Crippen LogP contribution in [0.25, 0.3) is 11.2 Å². The molecule has 2 aromatic heterocycles. The van der Waals surface area contributed by atoms with Crippen LogP contribution in [0.5, 0.6) is 5.75 Å². The van der Waals surface area contributed by atoms with Crippen molar-refractivity contribution in [3.8, 4) is 5.75 Å². The highest BCUT2D eigenvalue weighted by molar-refractivity contribution is 5.97. The van der Waals surface area contributed by atoms with Gasteiger partial charge < -0.3 is 14.6 Å². The molecule has 174 valence electrons. The number of para-hydroxylation sites is 1. The summed E-state index contributed by atoms with van der Waals surface area (Å²) < 4.78 is 20.1. The molecule has 2 aromatic carbocycles. The van der Waals surface area contributed by atoms with E-state index >= 15 is 0 Å². The zero-order chi connectivity index (χ0) is 23.7. The van der Waals surface area contributed by atoms with Crippen LogP contribution in [-0.4, -0.2) is 56.0 Å². The Morgan fingerprint density at radius 2 is 1.88 bits per heavy atom. The summed E-state index contributed by atoms with van der Waals surface area (Å²) in [7, 11) is 1.55. The van der Waals surface area contributed by atoms with E-state index in [1.165, 1.54) is 12.1 Å². The summed E-state index contributed by atoms with van der Waals surface area (Å²) in [6, 6.07) is 13.2. The van der Waals surface area contributed by atoms with E-state index in [-0.39, 0.29) is 28.7 Å². The van der Waals surface area contributed by atoms with E-state index < -0.39 is 0 Å². The number of aromatic nitrogens is 5. The van der Waals surface area contributed by atoms with Gasteiger partial charge >= 0.3 is 0 Å². The topological polar surface area (TPSA) is 106 Å². The Morgan fingerprint density at radius 1 is 1.15 bits per heavy atom. The third kappa shape index (κ3) is 4.14. The van der Waals surface area contributed by atoms with Gasteiger partial charge in [0.05, 0.1) is 19.2 Å². The molecule has 10 heteroatoms. The molecule has 0 unspecified atom stereocenters. The first-order valence-electron chi connectivity index (χ1n) is 11.0. The standard InChI is InChI=1S/C24H23FN6O3/c1-34-19-5-3-2-4-18(19)24(33)30-12-10-16(11-13-30)21-26-22-20(23(32)27-21)28-29-31(22)14-15-6-8-17(25)9-7-15/h2-9,16H,10-14H2,1H3,(H,26,27,32). The first-order valence-corrected chi connectivity index (χ1v) is 11.0. The number of halogens is 1. The molecule has 9 nitrogen and oxygen atoms in total. The maximum atomic E-state index is 13.2. The molecule has 1 N–H and O–H groups in total. The highest BCUT2D eigenvalue weighted by atomic mass is 19.1. The summed E-state index contributed by atoms with van der Waals surface area (Å²) in [6.45, 7) is 1.39. The Balaban J connectivity index is 1.34. The largest absolute Gasteiger partial charge is 0.496 e. The van der Waals surface area contributed by atoms with Gasteiger partial charge in [0.1, 0.15) is 17.4 Å². The van der Waals surface area contributed by atoms with Gasteiger partial charge in [0.2, 0.25) is 0 Å². The van der Waals surface area contributed by atoms with E-state index in [2.05, 4.69) is 20.3 Å². The fourth-order valence-corrected chi connectivity index (χ4v) is 4.29. The predicted octanol–water partition coefficient (Wildman–Crippen LogP) is 2.73. The molecule has 0 aliphatic carbocycles. The molecule has 4 aromatic rings. The smallest absolute Gasteiger partial charge is 0.281 e. The second-order valence-corrected chi connectivity index (χ2v) is 8.26. The van der Waals surface area contributed by atoms with Gasteiger partial charge in [-0.2, -0.15) is 0 Å². The lowest BCUT2D eigenvalue weighted by Crippen LogP contribution is -2.38. The monoisotopic (exact) mass is 462 g/mol. The van der Waals surface area contributed by atoms with Crippen molar-refractivity contribution in [2.45, 2.75) is 25.3 Å². The molecule has 0 bridgehead atoms. The van der Waals surface area contributed by atoms with Crippen molar-refractivity contribution in [1.82, 2.24) is 29.9 Å². The minimum atomic E-state index is -0.349. The number of H-pyrrole nitrogens is 1. The molecule has 1 saturated heterocycles. The fraction of sp³-hybridized carbons (Fsp3) is 0.292. The van der Waals surface area contributed by atoms with Crippen molar-refractivity contribution < 1.29 is 13.9 Å².